The van der Waals surface area contributed by atoms with Crippen molar-refractivity contribution >= 4 is 3.21 Å². The molecule has 0 aliphatic heterocycles. The van der Waals surface area contributed by atoms with Crippen molar-refractivity contribution in [1.82, 2.24) is 0 Å². The quantitative estimate of drug-likeness (QED) is 0.543. The summed E-state index contributed by atoms with van der Waals surface area (Å²) in [6, 6.07) is 18.6. The van der Waals surface area contributed by atoms with E-state index in [9.17, 15) is 0 Å². The minimum atomic E-state index is -2.11. The first kappa shape index (κ1) is 25.9. The van der Waals surface area contributed by atoms with Gasteiger partial charge in [0.15, 0.2) is 0 Å². The fraction of sp³-hybridized carbons (Fsp3) is 0.414. The van der Waals surface area contributed by atoms with Gasteiger partial charge in [-0.2, -0.15) is 0 Å². The summed E-state index contributed by atoms with van der Waals surface area (Å²) in [6.45, 7) is 9.60. The van der Waals surface area contributed by atoms with Gasteiger partial charge in [-0.3, -0.25) is 0 Å². The molecule has 0 N–H and O–H groups in total. The fourth-order valence-corrected chi connectivity index (χ4v) is 15.7. The van der Waals surface area contributed by atoms with E-state index in [0.717, 1.165) is 0 Å². The van der Waals surface area contributed by atoms with Gasteiger partial charge in [0.25, 0.3) is 0 Å². The molecule has 2 aromatic rings. The van der Waals surface area contributed by atoms with Gasteiger partial charge in [-0.25, -0.2) is 0 Å². The molecule has 0 radical (unpaired) electrons. The summed E-state index contributed by atoms with van der Waals surface area (Å²) in [4.78, 5) is 0. The maximum Gasteiger partial charge on any atom is -1.00 e. The number of allylic oxidation sites excluding steroid dienone is 4. The van der Waals surface area contributed by atoms with Crippen LogP contribution in [0.4, 0.5) is 0 Å². The van der Waals surface area contributed by atoms with Crippen molar-refractivity contribution in [3.8, 4) is 11.1 Å². The Hall–Kier alpha value is -0.747. The summed E-state index contributed by atoms with van der Waals surface area (Å²) in [6.07, 6.45) is 12.3. The molecule has 1 unspecified atom stereocenters. The van der Waals surface area contributed by atoms with Crippen molar-refractivity contribution in [1.29, 1.82) is 0 Å². The number of hydrogen-bond acceptors (Lipinski definition) is 0. The molecule has 3 aliphatic rings. The van der Waals surface area contributed by atoms with E-state index >= 15 is 0 Å². The van der Waals surface area contributed by atoms with Crippen molar-refractivity contribution < 1.29 is 46.1 Å². The van der Waals surface area contributed by atoms with Gasteiger partial charge in [-0.1, -0.05) is 0 Å². The molecule has 0 saturated heterocycles. The van der Waals surface area contributed by atoms with Crippen LogP contribution in [0.5, 0.6) is 0 Å². The van der Waals surface area contributed by atoms with Crippen LogP contribution in [-0.4, -0.2) is 3.21 Å². The Kier molecular flexibility index (Phi) is 8.29. The molecule has 3 aliphatic carbocycles. The van der Waals surface area contributed by atoms with Crippen LogP contribution in [0.3, 0.4) is 0 Å². The number of halogens is 2. The molecule has 168 valence electrons. The van der Waals surface area contributed by atoms with Crippen LogP contribution in [0.1, 0.15) is 74.6 Å². The first-order valence-corrected chi connectivity index (χ1v) is 15.7. The number of hydrogen-bond donors (Lipinski definition) is 0. The van der Waals surface area contributed by atoms with Gasteiger partial charge in [-0.15, -0.1) is 0 Å². The Morgan fingerprint density at radius 1 is 0.781 bits per heavy atom. The van der Waals surface area contributed by atoms with Crippen molar-refractivity contribution in [2.45, 2.75) is 63.4 Å². The van der Waals surface area contributed by atoms with Crippen LogP contribution in [0.25, 0.3) is 11.1 Å². The molecule has 0 heterocycles. The molecule has 1 atom stereocenters. The third kappa shape index (κ3) is 4.60. The Balaban J connectivity index is 0.00000144. The Morgan fingerprint density at radius 3 is 1.81 bits per heavy atom. The second kappa shape index (κ2) is 10.3. The molecule has 0 amide bonds. The van der Waals surface area contributed by atoms with Crippen LogP contribution in [0.2, 0.25) is 0 Å². The third-order valence-corrected chi connectivity index (χ3v) is 16.4. The van der Waals surface area contributed by atoms with Crippen molar-refractivity contribution in [2.75, 3.05) is 0 Å². The van der Waals surface area contributed by atoms with E-state index in [4.69, 9.17) is 0 Å². The van der Waals surface area contributed by atoms with Crippen LogP contribution >= 0.6 is 0 Å². The summed E-state index contributed by atoms with van der Waals surface area (Å²) in [5.41, 5.74) is 8.07. The normalized spacial score (nSPS) is 19.6. The second-order valence-electron chi connectivity index (χ2n) is 10.4. The van der Waals surface area contributed by atoms with Gasteiger partial charge < -0.3 is 24.8 Å². The number of fused-ring (bicyclic) bond motifs is 3. The summed E-state index contributed by atoms with van der Waals surface area (Å²) in [7, 11) is 0. The monoisotopic (exact) mass is 542 g/mol. The predicted octanol–water partition coefficient (Wildman–Crippen LogP) is 2.03. The predicted molar refractivity (Wildman–Crippen MR) is 127 cm³/mol. The first-order chi connectivity index (χ1) is 14.4. The first-order valence-electron chi connectivity index (χ1n) is 11.8. The maximum absolute atomic E-state index is 2.67. The molecule has 1 saturated carbocycles. The molecular formula is C29H34Cl2Zr. The molecule has 1 fully saturated rings. The van der Waals surface area contributed by atoms with E-state index in [-0.39, 0.29) is 30.2 Å². The number of rotatable bonds is 2. The van der Waals surface area contributed by atoms with Gasteiger partial charge >= 0.3 is 191 Å². The van der Waals surface area contributed by atoms with Gasteiger partial charge in [0.2, 0.25) is 0 Å². The zero-order valence-electron chi connectivity index (χ0n) is 19.7. The summed E-state index contributed by atoms with van der Waals surface area (Å²) in [5.74, 6) is 0.614. The Labute approximate surface area is 214 Å². The smallest absolute Gasteiger partial charge is 1.00 e. The fourth-order valence-electron chi connectivity index (χ4n) is 5.79. The average Bonchev–Trinajstić information content (AvgIpc) is 3.29. The number of benzene rings is 2. The van der Waals surface area contributed by atoms with E-state index in [1.165, 1.54) is 43.2 Å². The molecular weight excluding hydrogens is 510 g/mol. The van der Waals surface area contributed by atoms with Crippen LogP contribution < -0.4 is 24.8 Å². The molecule has 5 rings (SSSR count). The minimum absolute atomic E-state index is 0. The van der Waals surface area contributed by atoms with E-state index in [1.807, 2.05) is 6.49 Å². The standard InChI is InChI=1S/C13H9.C10H15.C6H10.2ClH.Zr/c1-3-7-12-10(5-1)9-11-6-2-4-8-13(11)12;1-8-5-6-9(7-8)10(2,3)4;1-2-4-6-5-3-1;;;/h1-9H;6-8H,1-4H3;1-5H2;2*1H;/q;;;;;+2/p-2. The summed E-state index contributed by atoms with van der Waals surface area (Å²) >= 11 is -2.11. The van der Waals surface area contributed by atoms with E-state index in [0.29, 0.717) is 9.54 Å². The maximum atomic E-state index is 2.67. The Bertz CT molecular complexity index is 1030. The van der Waals surface area contributed by atoms with Gasteiger partial charge in [0, 0.05) is 0 Å². The van der Waals surface area contributed by atoms with Gasteiger partial charge in [0.05, 0.1) is 0 Å². The van der Waals surface area contributed by atoms with Gasteiger partial charge in [0.1, 0.15) is 0 Å². The molecule has 0 bridgehead atoms. The molecule has 3 heteroatoms. The van der Waals surface area contributed by atoms with Gasteiger partial charge in [-0.05, 0) is 0 Å². The summed E-state index contributed by atoms with van der Waals surface area (Å²) in [5, 5.41) is 0. The SMILES string of the molecule is CC1C=C(C(C)(C)C)C=[C]1[Zr+2](=[C]1CCCCC1)[CH]1c2ccccc2-c2ccccc21.[Cl-].[Cl-]. The van der Waals surface area contributed by atoms with Crippen molar-refractivity contribution in [2.24, 2.45) is 11.3 Å². The van der Waals surface area contributed by atoms with Crippen molar-refractivity contribution in [3.05, 3.63) is 80.7 Å². The largest absolute Gasteiger partial charge is 1.00 e. The van der Waals surface area contributed by atoms with Crippen molar-refractivity contribution in [3.63, 3.8) is 0 Å². The van der Waals surface area contributed by atoms with E-state index in [1.54, 1.807) is 16.7 Å². The molecule has 0 nitrogen and oxygen atoms in total. The second-order valence-corrected chi connectivity index (χ2v) is 17.1. The molecule has 2 aromatic carbocycles. The average molecular weight is 545 g/mol. The van der Waals surface area contributed by atoms with E-state index in [2.05, 4.69) is 88.4 Å². The molecule has 0 spiro atoms. The molecule has 32 heavy (non-hydrogen) atoms. The zero-order chi connectivity index (χ0) is 20.9. The van der Waals surface area contributed by atoms with Crippen LogP contribution in [-0.2, 0) is 21.3 Å². The van der Waals surface area contributed by atoms with Crippen LogP contribution in [0.15, 0.2) is 69.5 Å². The topological polar surface area (TPSA) is 0 Å². The molecule has 0 aromatic heterocycles. The van der Waals surface area contributed by atoms with Crippen LogP contribution in [0, 0.1) is 11.3 Å². The third-order valence-electron chi connectivity index (χ3n) is 7.37. The van der Waals surface area contributed by atoms with E-state index < -0.39 is 21.3 Å². The Morgan fingerprint density at radius 2 is 1.31 bits per heavy atom. The summed E-state index contributed by atoms with van der Waals surface area (Å²) < 4.78 is 4.52. The minimum Gasteiger partial charge on any atom is -1.00 e. The zero-order valence-corrected chi connectivity index (χ0v) is 23.7.